The van der Waals surface area contributed by atoms with Crippen LogP contribution < -0.4 is 8.92 Å². The Morgan fingerprint density at radius 1 is 0.872 bits per heavy atom. The molecule has 0 aliphatic heterocycles. The maximum atomic E-state index is 12.5. The minimum Gasteiger partial charge on any atom is -0.508 e. The van der Waals surface area contributed by atoms with Gasteiger partial charge in [-0.15, -0.1) is 11.8 Å². The van der Waals surface area contributed by atoms with Crippen LogP contribution in [0.15, 0.2) is 72.8 Å². The number of aromatic hydroxyl groups is 1. The predicted molar refractivity (Wildman–Crippen MR) is 155 cm³/mol. The number of hydrogen-bond donors (Lipinski definition) is 2. The van der Waals surface area contributed by atoms with Crippen molar-refractivity contribution in [1.29, 1.82) is 0 Å². The van der Waals surface area contributed by atoms with E-state index in [2.05, 4.69) is 6.92 Å². The van der Waals surface area contributed by atoms with Gasteiger partial charge in [-0.25, -0.2) is 0 Å². The van der Waals surface area contributed by atoms with Crippen molar-refractivity contribution in [2.24, 2.45) is 0 Å². The van der Waals surface area contributed by atoms with E-state index < -0.39 is 20.8 Å². The first kappa shape index (κ1) is 30.4. The van der Waals surface area contributed by atoms with Crippen molar-refractivity contribution in [1.82, 2.24) is 0 Å². The Balaban J connectivity index is 1.57. The van der Waals surface area contributed by atoms with Gasteiger partial charge in [0.2, 0.25) is 0 Å². The number of aryl methyl sites for hydroxylation is 1. The van der Waals surface area contributed by atoms with Crippen LogP contribution in [0.25, 0.3) is 0 Å². The van der Waals surface area contributed by atoms with Gasteiger partial charge in [0, 0.05) is 6.42 Å². The molecule has 0 spiro atoms. The number of rotatable bonds is 16. The third kappa shape index (κ3) is 10.1. The summed E-state index contributed by atoms with van der Waals surface area (Å²) in [5.74, 6) is 0.962. The van der Waals surface area contributed by atoms with E-state index in [0.29, 0.717) is 37.4 Å². The van der Waals surface area contributed by atoms with Crippen LogP contribution in [0, 0.1) is 0 Å². The molecule has 0 amide bonds. The molecule has 0 saturated carbocycles. The van der Waals surface area contributed by atoms with E-state index in [9.17, 15) is 23.4 Å². The average Bonchev–Trinajstić information content (AvgIpc) is 2.89. The predicted octanol–water partition coefficient (Wildman–Crippen LogP) is 5.88. The zero-order valence-electron chi connectivity index (χ0n) is 22.3. The van der Waals surface area contributed by atoms with Crippen molar-refractivity contribution in [3.63, 3.8) is 0 Å². The van der Waals surface area contributed by atoms with Gasteiger partial charge in [-0.1, -0.05) is 56.2 Å². The Kier molecular flexibility index (Phi) is 11.1. The van der Waals surface area contributed by atoms with Crippen molar-refractivity contribution < 1.29 is 32.3 Å². The van der Waals surface area contributed by atoms with E-state index in [0.717, 1.165) is 42.2 Å². The second kappa shape index (κ2) is 14.3. The second-order valence-electron chi connectivity index (χ2n) is 9.52. The summed E-state index contributed by atoms with van der Waals surface area (Å²) in [6.07, 6.45) is 5.22. The molecule has 1 atom stereocenters. The highest BCUT2D eigenvalue weighted by Crippen LogP contribution is 2.36. The molecule has 9 heteroatoms. The number of ether oxygens (including phenoxy) is 1. The van der Waals surface area contributed by atoms with Crippen LogP contribution in [0.2, 0.25) is 0 Å². The van der Waals surface area contributed by atoms with Crippen LogP contribution in [0.1, 0.15) is 42.9 Å². The Bertz CT molecular complexity index is 1290. The number of carbonyl (C=O) groups is 1. The van der Waals surface area contributed by atoms with Crippen molar-refractivity contribution in [3.05, 3.63) is 89.5 Å². The second-order valence-corrected chi connectivity index (χ2v) is 12.6. The van der Waals surface area contributed by atoms with Gasteiger partial charge in [-0.3, -0.25) is 4.79 Å². The monoisotopic (exact) mass is 572 g/mol. The number of hydrogen-bond acceptors (Lipinski definition) is 7. The molecule has 3 rings (SSSR count). The van der Waals surface area contributed by atoms with Gasteiger partial charge in [0.05, 0.1) is 12.9 Å². The number of thioether (sulfide) groups is 1. The summed E-state index contributed by atoms with van der Waals surface area (Å²) in [5.41, 5.74) is 3.13. The molecule has 0 aliphatic carbocycles. The zero-order valence-corrected chi connectivity index (χ0v) is 24.0. The average molecular weight is 573 g/mol. The third-order valence-electron chi connectivity index (χ3n) is 6.27. The minimum absolute atomic E-state index is 0.222. The molecule has 0 unspecified atom stereocenters. The molecule has 0 saturated heterocycles. The van der Waals surface area contributed by atoms with Gasteiger partial charge in [0.1, 0.15) is 22.0 Å². The summed E-state index contributed by atoms with van der Waals surface area (Å²) < 4.78 is 32.1. The highest BCUT2D eigenvalue weighted by molar-refractivity contribution is 8.01. The first-order valence-electron chi connectivity index (χ1n) is 12.9. The van der Waals surface area contributed by atoms with Gasteiger partial charge >= 0.3 is 16.1 Å². The van der Waals surface area contributed by atoms with E-state index in [1.54, 1.807) is 36.4 Å². The van der Waals surface area contributed by atoms with Gasteiger partial charge in [0.25, 0.3) is 0 Å². The van der Waals surface area contributed by atoms with Crippen LogP contribution >= 0.6 is 11.8 Å². The lowest BCUT2D eigenvalue weighted by atomic mass is 9.92. The fourth-order valence-electron chi connectivity index (χ4n) is 4.15. The number of carboxylic acids is 1. The highest BCUT2D eigenvalue weighted by atomic mass is 32.2. The summed E-state index contributed by atoms with van der Waals surface area (Å²) in [6, 6.07) is 21.5. The maximum Gasteiger partial charge on any atom is 0.320 e. The number of aliphatic carboxylic acids is 1. The molecule has 3 aromatic rings. The fraction of sp³-hybridized carbons (Fsp3) is 0.367. The lowest BCUT2D eigenvalue weighted by Gasteiger charge is -2.29. The Morgan fingerprint density at radius 3 is 2.03 bits per heavy atom. The molecule has 7 nitrogen and oxygen atoms in total. The molecule has 0 fully saturated rings. The summed E-state index contributed by atoms with van der Waals surface area (Å²) in [7, 11) is -3.57. The lowest BCUT2D eigenvalue weighted by Crippen LogP contribution is -2.38. The van der Waals surface area contributed by atoms with E-state index >= 15 is 0 Å². The molecule has 0 aromatic heterocycles. The quantitative estimate of drug-likeness (QED) is 0.205. The zero-order chi connectivity index (χ0) is 28.3. The largest absolute Gasteiger partial charge is 0.508 e. The van der Waals surface area contributed by atoms with Crippen molar-refractivity contribution in [3.8, 4) is 17.2 Å². The molecule has 0 heterocycles. The number of phenolic OH excluding ortho intramolecular Hbond substituents is 1. The van der Waals surface area contributed by atoms with Crippen LogP contribution in [-0.4, -0.2) is 48.0 Å². The molecule has 210 valence electrons. The van der Waals surface area contributed by atoms with E-state index in [1.165, 1.54) is 11.8 Å². The van der Waals surface area contributed by atoms with Crippen LogP contribution in [-0.2, 0) is 34.2 Å². The maximum absolute atomic E-state index is 12.5. The Morgan fingerprint density at radius 2 is 1.44 bits per heavy atom. The summed E-state index contributed by atoms with van der Waals surface area (Å²) in [6.45, 7) is 2.51. The van der Waals surface area contributed by atoms with E-state index in [1.807, 2.05) is 36.4 Å². The van der Waals surface area contributed by atoms with E-state index in [-0.39, 0.29) is 11.5 Å². The SMILES string of the molecule is CCCC[C@@](Cc1ccc(CCOc2ccc(OS(C)(=O)=O)cc2)cc1)(SCCc1ccc(O)cc1)C(=O)O. The third-order valence-corrected chi connectivity index (χ3v) is 8.25. The molecule has 0 aliphatic rings. The standard InChI is InChI=1S/C30H36O7S2/c1-3-4-19-30(29(32)33,38-21-18-24-9-11-26(31)12-10-24)22-25-7-5-23(6-8-25)17-20-36-27-13-15-28(16-14-27)37-39(2,34)35/h5-16,31H,3-4,17-22H2,1-2H3,(H,32,33)/t30-/m0/s1. The number of benzene rings is 3. The van der Waals surface area contributed by atoms with Crippen molar-refractivity contribution >= 4 is 27.8 Å². The van der Waals surface area contributed by atoms with E-state index in [4.69, 9.17) is 8.92 Å². The number of unbranched alkanes of at least 4 members (excludes halogenated alkanes) is 1. The van der Waals surface area contributed by atoms with Gasteiger partial charge in [-0.05, 0) is 78.1 Å². The molecular formula is C30H36O7S2. The molecule has 0 bridgehead atoms. The smallest absolute Gasteiger partial charge is 0.320 e. The molecule has 3 aromatic carbocycles. The van der Waals surface area contributed by atoms with Crippen LogP contribution in [0.4, 0.5) is 0 Å². The lowest BCUT2D eigenvalue weighted by molar-refractivity contribution is -0.140. The fourth-order valence-corrected chi connectivity index (χ4v) is 6.02. The first-order valence-corrected chi connectivity index (χ1v) is 15.7. The van der Waals surface area contributed by atoms with Crippen LogP contribution in [0.5, 0.6) is 17.2 Å². The molecule has 2 N–H and O–H groups in total. The van der Waals surface area contributed by atoms with Gasteiger partial charge < -0.3 is 19.1 Å². The summed E-state index contributed by atoms with van der Waals surface area (Å²) >= 11 is 1.51. The number of phenols is 1. The van der Waals surface area contributed by atoms with Gasteiger partial charge in [0.15, 0.2) is 0 Å². The first-order chi connectivity index (χ1) is 18.6. The topological polar surface area (TPSA) is 110 Å². The minimum atomic E-state index is -3.57. The molecule has 39 heavy (non-hydrogen) atoms. The van der Waals surface area contributed by atoms with Crippen molar-refractivity contribution in [2.45, 2.75) is 50.2 Å². The van der Waals surface area contributed by atoms with Gasteiger partial charge in [-0.2, -0.15) is 8.42 Å². The summed E-state index contributed by atoms with van der Waals surface area (Å²) in [4.78, 5) is 12.5. The Hall–Kier alpha value is -3.17. The highest BCUT2D eigenvalue weighted by Gasteiger charge is 2.38. The molecule has 0 radical (unpaired) electrons. The van der Waals surface area contributed by atoms with Crippen molar-refractivity contribution in [2.75, 3.05) is 18.6 Å². The normalized spacial score (nSPS) is 13.0. The summed E-state index contributed by atoms with van der Waals surface area (Å²) in [5, 5.41) is 19.8. The Labute approximate surface area is 235 Å². The number of carboxylic acid groups (broad SMARTS) is 1. The molecular weight excluding hydrogens is 536 g/mol. The van der Waals surface area contributed by atoms with Crippen LogP contribution in [0.3, 0.4) is 0 Å².